The van der Waals surface area contributed by atoms with Crippen LogP contribution in [0.1, 0.15) is 23.0 Å². The van der Waals surface area contributed by atoms with E-state index in [9.17, 15) is 14.0 Å². The van der Waals surface area contributed by atoms with Gasteiger partial charge in [0, 0.05) is 18.1 Å². The highest BCUT2D eigenvalue weighted by atomic mass is 19.1. The predicted octanol–water partition coefficient (Wildman–Crippen LogP) is 3.90. The number of carbonyl (C=O) groups is 2. The monoisotopic (exact) mass is 371 g/mol. The molecule has 0 aliphatic carbocycles. The summed E-state index contributed by atoms with van der Waals surface area (Å²) in [4.78, 5) is 24.7. The molecule has 1 amide bonds. The van der Waals surface area contributed by atoms with Crippen LogP contribution >= 0.6 is 0 Å². The molecule has 1 atom stereocenters. The van der Waals surface area contributed by atoms with Gasteiger partial charge in [-0.1, -0.05) is 30.3 Å². The number of ether oxygens (including phenoxy) is 2. The van der Waals surface area contributed by atoms with Crippen molar-refractivity contribution in [1.29, 1.82) is 0 Å². The van der Waals surface area contributed by atoms with Crippen molar-refractivity contribution in [2.45, 2.75) is 19.6 Å². The number of methoxy groups -OCH3 is 1. The first-order valence-corrected chi connectivity index (χ1v) is 8.27. The number of amides is 1. The minimum Gasteiger partial charge on any atom is -0.449 e. The Morgan fingerprint density at radius 3 is 2.59 bits per heavy atom. The zero-order valence-corrected chi connectivity index (χ0v) is 14.8. The first-order chi connectivity index (χ1) is 13.0. The fraction of sp³-hybridized carbons (Fsp3) is 0.200. The number of esters is 1. The summed E-state index contributed by atoms with van der Waals surface area (Å²) in [5, 5.41) is 3.12. The number of furan rings is 1. The molecule has 140 valence electrons. The van der Waals surface area contributed by atoms with E-state index in [2.05, 4.69) is 5.32 Å². The summed E-state index contributed by atoms with van der Waals surface area (Å²) in [7, 11) is 1.50. The molecule has 0 fully saturated rings. The largest absolute Gasteiger partial charge is 0.449 e. The lowest BCUT2D eigenvalue weighted by molar-refractivity contribution is -0.123. The number of benzene rings is 2. The third kappa shape index (κ3) is 3.98. The Kier molecular flexibility index (Phi) is 5.52. The zero-order valence-electron chi connectivity index (χ0n) is 14.8. The van der Waals surface area contributed by atoms with E-state index in [1.165, 1.54) is 32.2 Å². The number of halogens is 1. The zero-order chi connectivity index (χ0) is 19.4. The van der Waals surface area contributed by atoms with Crippen LogP contribution in [0.15, 0.2) is 52.9 Å². The van der Waals surface area contributed by atoms with Gasteiger partial charge in [-0.05, 0) is 25.1 Å². The van der Waals surface area contributed by atoms with Crippen LogP contribution in [0, 0.1) is 5.82 Å². The third-order valence-electron chi connectivity index (χ3n) is 3.96. The molecule has 1 N–H and O–H groups in total. The molecule has 2 aromatic carbocycles. The SMILES string of the molecule is COCc1c(C(=O)OC(C)C(=O)Nc2ccccc2F)oc2ccccc12. The second-order valence-electron chi connectivity index (χ2n) is 5.86. The summed E-state index contributed by atoms with van der Waals surface area (Å²) in [6, 6.07) is 12.8. The second kappa shape index (κ2) is 8.01. The van der Waals surface area contributed by atoms with E-state index in [0.29, 0.717) is 11.1 Å². The predicted molar refractivity (Wildman–Crippen MR) is 96.8 cm³/mol. The molecule has 6 nitrogen and oxygen atoms in total. The number of carbonyl (C=O) groups excluding carboxylic acids is 2. The molecule has 1 aromatic heterocycles. The van der Waals surface area contributed by atoms with Crippen LogP contribution in [0.25, 0.3) is 11.0 Å². The number of fused-ring (bicyclic) bond motifs is 1. The molecule has 0 saturated heterocycles. The molecule has 27 heavy (non-hydrogen) atoms. The molecule has 1 unspecified atom stereocenters. The smallest absolute Gasteiger partial charge is 0.375 e. The second-order valence-corrected chi connectivity index (χ2v) is 5.86. The van der Waals surface area contributed by atoms with Crippen LogP contribution in [0.4, 0.5) is 10.1 Å². The van der Waals surface area contributed by atoms with Crippen molar-refractivity contribution in [2.24, 2.45) is 0 Å². The van der Waals surface area contributed by atoms with E-state index in [4.69, 9.17) is 13.9 Å². The van der Waals surface area contributed by atoms with Crippen molar-refractivity contribution in [3.05, 3.63) is 65.7 Å². The van der Waals surface area contributed by atoms with Crippen LogP contribution in [0.5, 0.6) is 0 Å². The minimum atomic E-state index is -1.15. The van der Waals surface area contributed by atoms with E-state index in [0.717, 1.165) is 5.39 Å². The Balaban J connectivity index is 1.76. The first-order valence-electron chi connectivity index (χ1n) is 8.27. The lowest BCUT2D eigenvalue weighted by atomic mass is 10.1. The average Bonchev–Trinajstić information content (AvgIpc) is 3.03. The molecule has 0 spiro atoms. The molecule has 0 aliphatic rings. The Hall–Kier alpha value is -3.19. The number of hydrogen-bond donors (Lipinski definition) is 1. The fourth-order valence-corrected chi connectivity index (χ4v) is 2.62. The van der Waals surface area contributed by atoms with Gasteiger partial charge in [0.15, 0.2) is 6.10 Å². The Bertz CT molecular complexity index is 981. The van der Waals surface area contributed by atoms with Crippen LogP contribution in [0.2, 0.25) is 0 Å². The Morgan fingerprint density at radius 1 is 1.15 bits per heavy atom. The summed E-state index contributed by atoms with van der Waals surface area (Å²) in [5.41, 5.74) is 1.06. The molecule has 0 radical (unpaired) electrons. The average molecular weight is 371 g/mol. The lowest BCUT2D eigenvalue weighted by Crippen LogP contribution is -2.30. The van der Waals surface area contributed by atoms with E-state index in [-0.39, 0.29) is 18.1 Å². The Labute approximate surface area is 154 Å². The fourth-order valence-electron chi connectivity index (χ4n) is 2.62. The molecule has 7 heteroatoms. The van der Waals surface area contributed by atoms with E-state index in [1.807, 2.05) is 6.07 Å². The van der Waals surface area contributed by atoms with Gasteiger partial charge in [0.25, 0.3) is 5.91 Å². The molecule has 0 aliphatic heterocycles. The standard InChI is InChI=1S/C20H18FNO5/c1-12(19(23)22-16-9-5-4-8-15(16)21)26-20(24)18-14(11-25-2)13-7-3-6-10-17(13)27-18/h3-10,12H,11H2,1-2H3,(H,22,23). The van der Waals surface area contributed by atoms with Gasteiger partial charge in [0.2, 0.25) is 5.76 Å². The molecule has 1 heterocycles. The van der Waals surface area contributed by atoms with Crippen LogP contribution in [-0.2, 0) is 20.9 Å². The van der Waals surface area contributed by atoms with E-state index in [1.54, 1.807) is 24.3 Å². The number of para-hydroxylation sites is 2. The first kappa shape index (κ1) is 18.6. The molecule has 3 rings (SSSR count). The van der Waals surface area contributed by atoms with Crippen LogP contribution < -0.4 is 5.32 Å². The highest BCUT2D eigenvalue weighted by molar-refractivity contribution is 5.99. The van der Waals surface area contributed by atoms with Crippen LogP contribution in [-0.4, -0.2) is 25.1 Å². The Morgan fingerprint density at radius 2 is 1.85 bits per heavy atom. The van der Waals surface area contributed by atoms with Crippen molar-refractivity contribution in [2.75, 3.05) is 12.4 Å². The molecule has 3 aromatic rings. The molecule has 0 bridgehead atoms. The summed E-state index contributed by atoms with van der Waals surface area (Å²) < 4.78 is 29.6. The summed E-state index contributed by atoms with van der Waals surface area (Å²) >= 11 is 0. The maximum Gasteiger partial charge on any atom is 0.375 e. The maximum absolute atomic E-state index is 13.6. The number of hydrogen-bond acceptors (Lipinski definition) is 5. The van der Waals surface area contributed by atoms with Crippen molar-refractivity contribution >= 4 is 28.5 Å². The van der Waals surface area contributed by atoms with Gasteiger partial charge in [-0.15, -0.1) is 0 Å². The molecule has 0 saturated carbocycles. The highest BCUT2D eigenvalue weighted by Crippen LogP contribution is 2.27. The summed E-state index contributed by atoms with van der Waals surface area (Å²) in [6.45, 7) is 1.55. The van der Waals surface area contributed by atoms with Crippen molar-refractivity contribution in [3.8, 4) is 0 Å². The van der Waals surface area contributed by atoms with Crippen LogP contribution in [0.3, 0.4) is 0 Å². The number of rotatable bonds is 6. The van der Waals surface area contributed by atoms with Gasteiger partial charge < -0.3 is 19.2 Å². The third-order valence-corrected chi connectivity index (χ3v) is 3.96. The number of anilines is 1. The van der Waals surface area contributed by atoms with Crippen molar-refractivity contribution < 1.29 is 27.9 Å². The summed E-state index contributed by atoms with van der Waals surface area (Å²) in [6.07, 6.45) is -1.15. The van der Waals surface area contributed by atoms with Gasteiger partial charge in [0.05, 0.1) is 12.3 Å². The van der Waals surface area contributed by atoms with E-state index >= 15 is 0 Å². The topological polar surface area (TPSA) is 77.8 Å². The lowest BCUT2D eigenvalue weighted by Gasteiger charge is -2.13. The van der Waals surface area contributed by atoms with Gasteiger partial charge in [-0.3, -0.25) is 4.79 Å². The number of nitrogens with one attached hydrogen (secondary N) is 1. The van der Waals surface area contributed by atoms with E-state index < -0.39 is 23.8 Å². The van der Waals surface area contributed by atoms with Gasteiger partial charge >= 0.3 is 5.97 Å². The maximum atomic E-state index is 13.6. The molecular weight excluding hydrogens is 353 g/mol. The quantitative estimate of drug-likeness (QED) is 0.665. The normalized spacial score (nSPS) is 12.0. The molecular formula is C20H18FNO5. The van der Waals surface area contributed by atoms with Gasteiger partial charge in [0.1, 0.15) is 11.4 Å². The van der Waals surface area contributed by atoms with Gasteiger partial charge in [-0.25, -0.2) is 9.18 Å². The van der Waals surface area contributed by atoms with Gasteiger partial charge in [-0.2, -0.15) is 0 Å². The highest BCUT2D eigenvalue weighted by Gasteiger charge is 2.26. The van der Waals surface area contributed by atoms with Crippen molar-refractivity contribution in [1.82, 2.24) is 0 Å². The van der Waals surface area contributed by atoms with Crippen molar-refractivity contribution in [3.63, 3.8) is 0 Å². The summed E-state index contributed by atoms with van der Waals surface area (Å²) in [5.74, 6) is -2.06. The minimum absolute atomic E-state index is 0.00853.